The summed E-state index contributed by atoms with van der Waals surface area (Å²) in [5, 5.41) is 1.86. The number of anilines is 1. The minimum atomic E-state index is -0.727. The number of fused-ring (bicyclic) bond motifs is 5. The second-order valence-electron chi connectivity index (χ2n) is 8.96. The molecule has 3 aliphatic rings. The Morgan fingerprint density at radius 1 is 0.909 bits per heavy atom. The van der Waals surface area contributed by atoms with Crippen molar-refractivity contribution in [3.8, 4) is 0 Å². The summed E-state index contributed by atoms with van der Waals surface area (Å²) in [7, 11) is 0. The second kappa shape index (κ2) is 7.25. The normalized spacial score (nSPS) is 25.3. The van der Waals surface area contributed by atoms with Gasteiger partial charge in [0.15, 0.2) is 5.78 Å². The summed E-state index contributed by atoms with van der Waals surface area (Å²) in [6.45, 7) is 3.97. The van der Waals surface area contributed by atoms with E-state index in [9.17, 15) is 14.4 Å². The van der Waals surface area contributed by atoms with E-state index in [2.05, 4.69) is 0 Å². The molecule has 5 nitrogen and oxygen atoms in total. The molecule has 2 fully saturated rings. The summed E-state index contributed by atoms with van der Waals surface area (Å²) in [6, 6.07) is 16.1. The topological polar surface area (TPSA) is 57.7 Å². The number of carbonyl (C=O) groups is 3. The molecule has 2 amide bonds. The minimum Gasteiger partial charge on any atom is -0.358 e. The minimum absolute atomic E-state index is 0.102. The van der Waals surface area contributed by atoms with Gasteiger partial charge < -0.3 is 4.90 Å². The average molecular weight is 455 g/mol. The number of nitrogens with zero attached hydrogens (tertiary/aromatic N) is 2. The summed E-state index contributed by atoms with van der Waals surface area (Å²) in [6.07, 6.45) is 3.86. The third-order valence-electron chi connectivity index (χ3n) is 7.24. The highest BCUT2D eigenvalue weighted by Gasteiger charge is 2.64. The van der Waals surface area contributed by atoms with Gasteiger partial charge in [-0.2, -0.15) is 0 Å². The van der Waals surface area contributed by atoms with Crippen LogP contribution in [0.3, 0.4) is 0 Å². The molecular formula is C27H22N2O3S. The number of thiophene rings is 1. The Kier molecular flexibility index (Phi) is 4.42. The number of aryl methyl sites for hydroxylation is 2. The zero-order valence-electron chi connectivity index (χ0n) is 18.3. The van der Waals surface area contributed by atoms with Crippen LogP contribution in [0, 0.1) is 25.7 Å². The standard InChI is InChI=1S/C27H22N2O3S/c1-15-9-10-18(14-16(15)2)29-26(31)21-22(27(29)32)24(25(30)20-8-5-13-33-20)28-12-11-17-6-3-4-7-19(17)23(21)28/h3-14,21-24H,1-2H3/t21-,22+,23-,24+/m0/s1. The van der Waals surface area contributed by atoms with E-state index in [0.29, 0.717) is 10.6 Å². The van der Waals surface area contributed by atoms with Gasteiger partial charge in [0.05, 0.1) is 28.4 Å². The molecule has 6 rings (SSSR count). The first-order valence-electron chi connectivity index (χ1n) is 11.0. The maximum atomic E-state index is 13.9. The van der Waals surface area contributed by atoms with E-state index >= 15 is 0 Å². The van der Waals surface area contributed by atoms with Crippen LogP contribution in [0.25, 0.3) is 6.08 Å². The molecule has 4 atom stereocenters. The van der Waals surface area contributed by atoms with E-state index in [1.54, 1.807) is 6.07 Å². The highest BCUT2D eigenvalue weighted by Crippen LogP contribution is 2.53. The van der Waals surface area contributed by atoms with E-state index < -0.39 is 17.9 Å². The molecule has 0 saturated carbocycles. The van der Waals surface area contributed by atoms with Crippen LogP contribution < -0.4 is 4.90 Å². The Morgan fingerprint density at radius 2 is 1.70 bits per heavy atom. The van der Waals surface area contributed by atoms with Crippen molar-refractivity contribution in [3.05, 3.63) is 93.3 Å². The Bertz CT molecular complexity index is 1340. The van der Waals surface area contributed by atoms with Crippen LogP contribution >= 0.6 is 11.3 Å². The maximum absolute atomic E-state index is 13.9. The Balaban J connectivity index is 1.51. The van der Waals surface area contributed by atoms with E-state index in [4.69, 9.17) is 0 Å². The third-order valence-corrected chi connectivity index (χ3v) is 8.13. The van der Waals surface area contributed by atoms with Crippen LogP contribution in [0.15, 0.2) is 66.2 Å². The van der Waals surface area contributed by atoms with Crippen LogP contribution in [-0.4, -0.2) is 28.5 Å². The SMILES string of the molecule is Cc1ccc(N2C(=O)[C@@H]3[C@H](C2=O)[C@@H]2c4ccccc4C=CN2[C@H]3C(=O)c2cccs2)cc1C. The molecule has 2 aromatic carbocycles. The van der Waals surface area contributed by atoms with E-state index in [1.165, 1.54) is 16.2 Å². The summed E-state index contributed by atoms with van der Waals surface area (Å²) in [5.74, 6) is -1.96. The van der Waals surface area contributed by atoms with Crippen LogP contribution in [0.4, 0.5) is 5.69 Å². The van der Waals surface area contributed by atoms with Crippen molar-refractivity contribution in [1.29, 1.82) is 0 Å². The molecule has 6 heteroatoms. The smallest absolute Gasteiger partial charge is 0.240 e. The average Bonchev–Trinajstić information content (AvgIpc) is 3.52. The highest BCUT2D eigenvalue weighted by molar-refractivity contribution is 7.12. The monoisotopic (exact) mass is 454 g/mol. The van der Waals surface area contributed by atoms with Gasteiger partial charge in [-0.05, 0) is 65.8 Å². The lowest BCUT2D eigenvalue weighted by Crippen LogP contribution is -2.44. The van der Waals surface area contributed by atoms with E-state index in [1.807, 2.05) is 84.9 Å². The fraction of sp³-hybridized carbons (Fsp3) is 0.222. The molecular weight excluding hydrogens is 432 g/mol. The van der Waals surface area contributed by atoms with Crippen molar-refractivity contribution >= 4 is 40.7 Å². The van der Waals surface area contributed by atoms with Crippen LogP contribution in [-0.2, 0) is 9.59 Å². The number of imide groups is 1. The molecule has 2 saturated heterocycles. The number of carbonyl (C=O) groups excluding carboxylic acids is 3. The molecule has 1 aromatic heterocycles. The number of hydrogen-bond acceptors (Lipinski definition) is 5. The summed E-state index contributed by atoms with van der Waals surface area (Å²) in [5.41, 5.74) is 4.70. The fourth-order valence-corrected chi connectivity index (χ4v) is 6.24. The number of Topliss-reactive ketones (excluding diaryl/α,β-unsaturated/α-hetero) is 1. The molecule has 164 valence electrons. The van der Waals surface area contributed by atoms with Crippen molar-refractivity contribution in [2.24, 2.45) is 11.8 Å². The van der Waals surface area contributed by atoms with Crippen LogP contribution in [0.5, 0.6) is 0 Å². The summed E-state index contributed by atoms with van der Waals surface area (Å²) < 4.78 is 0. The van der Waals surface area contributed by atoms with Crippen molar-refractivity contribution in [1.82, 2.24) is 4.90 Å². The third kappa shape index (κ3) is 2.80. The molecule has 0 N–H and O–H groups in total. The summed E-state index contributed by atoms with van der Waals surface area (Å²) >= 11 is 1.37. The summed E-state index contributed by atoms with van der Waals surface area (Å²) in [4.78, 5) is 45.2. The lowest BCUT2D eigenvalue weighted by Gasteiger charge is -2.35. The van der Waals surface area contributed by atoms with Gasteiger partial charge in [-0.25, -0.2) is 4.90 Å². The quantitative estimate of drug-likeness (QED) is 0.423. The van der Waals surface area contributed by atoms with Crippen molar-refractivity contribution in [2.45, 2.75) is 25.9 Å². The van der Waals surface area contributed by atoms with Gasteiger partial charge in [0.25, 0.3) is 0 Å². The molecule has 0 unspecified atom stereocenters. The maximum Gasteiger partial charge on any atom is 0.240 e. The zero-order chi connectivity index (χ0) is 22.9. The number of hydrogen-bond donors (Lipinski definition) is 0. The number of benzene rings is 2. The lowest BCUT2D eigenvalue weighted by atomic mass is 9.84. The van der Waals surface area contributed by atoms with Gasteiger partial charge in [0.1, 0.15) is 6.04 Å². The molecule has 3 aromatic rings. The fourth-order valence-electron chi connectivity index (χ4n) is 5.54. The molecule has 0 radical (unpaired) electrons. The zero-order valence-corrected chi connectivity index (χ0v) is 19.1. The first-order chi connectivity index (χ1) is 16.0. The predicted octanol–water partition coefficient (Wildman–Crippen LogP) is 4.76. The van der Waals surface area contributed by atoms with Crippen molar-refractivity contribution in [3.63, 3.8) is 0 Å². The van der Waals surface area contributed by atoms with Gasteiger partial charge in [0.2, 0.25) is 11.8 Å². The van der Waals surface area contributed by atoms with Crippen molar-refractivity contribution in [2.75, 3.05) is 4.90 Å². The highest BCUT2D eigenvalue weighted by atomic mass is 32.1. The first kappa shape index (κ1) is 20.1. The van der Waals surface area contributed by atoms with Crippen LogP contribution in [0.2, 0.25) is 0 Å². The Hall–Kier alpha value is -3.51. The van der Waals surface area contributed by atoms with Gasteiger partial charge in [-0.1, -0.05) is 36.4 Å². The van der Waals surface area contributed by atoms with Gasteiger partial charge in [-0.15, -0.1) is 11.3 Å². The van der Waals surface area contributed by atoms with Gasteiger partial charge in [-0.3, -0.25) is 14.4 Å². The van der Waals surface area contributed by atoms with E-state index in [0.717, 1.165) is 22.3 Å². The lowest BCUT2D eigenvalue weighted by molar-refractivity contribution is -0.123. The van der Waals surface area contributed by atoms with E-state index in [-0.39, 0.29) is 23.6 Å². The molecule has 0 spiro atoms. The number of rotatable bonds is 3. The number of ketones is 1. The van der Waals surface area contributed by atoms with Crippen LogP contribution in [0.1, 0.15) is 38.0 Å². The predicted molar refractivity (Wildman–Crippen MR) is 128 cm³/mol. The second-order valence-corrected chi connectivity index (χ2v) is 9.90. The molecule has 0 aliphatic carbocycles. The van der Waals surface area contributed by atoms with Gasteiger partial charge in [0, 0.05) is 6.20 Å². The molecule has 4 heterocycles. The Labute approximate surface area is 195 Å². The Morgan fingerprint density at radius 3 is 2.45 bits per heavy atom. The van der Waals surface area contributed by atoms with Crippen molar-refractivity contribution < 1.29 is 14.4 Å². The van der Waals surface area contributed by atoms with Gasteiger partial charge >= 0.3 is 0 Å². The number of amides is 2. The molecule has 33 heavy (non-hydrogen) atoms. The largest absolute Gasteiger partial charge is 0.358 e. The molecule has 0 bridgehead atoms. The molecule has 3 aliphatic heterocycles. The first-order valence-corrected chi connectivity index (χ1v) is 11.9.